The first kappa shape index (κ1) is 25.1. The second-order valence-corrected chi connectivity index (χ2v) is 9.04. The Balaban J connectivity index is 1.48. The van der Waals surface area contributed by atoms with Gasteiger partial charge in [0, 0.05) is 47.2 Å². The fourth-order valence-corrected chi connectivity index (χ4v) is 4.76. The van der Waals surface area contributed by atoms with Gasteiger partial charge in [0.25, 0.3) is 0 Å². The smallest absolute Gasteiger partial charge is 0.409 e. The number of hydrogen-bond acceptors (Lipinski definition) is 6. The van der Waals surface area contributed by atoms with Crippen LogP contribution in [-0.2, 0) is 4.74 Å². The number of rotatable bonds is 6. The van der Waals surface area contributed by atoms with E-state index in [0.29, 0.717) is 36.0 Å². The monoisotopic (exact) mass is 521 g/mol. The largest absolute Gasteiger partial charge is 0.482 e. The van der Waals surface area contributed by atoms with Gasteiger partial charge < -0.3 is 20.1 Å². The number of aromatic nitrogens is 3. The molecule has 3 aromatic rings. The molecule has 11 heteroatoms. The molecule has 8 nitrogen and oxygen atoms in total. The van der Waals surface area contributed by atoms with E-state index in [4.69, 9.17) is 38.4 Å². The highest BCUT2D eigenvalue weighted by Gasteiger charge is 2.25. The van der Waals surface area contributed by atoms with Gasteiger partial charge in [-0.1, -0.05) is 23.2 Å². The summed E-state index contributed by atoms with van der Waals surface area (Å²) in [5.41, 5.74) is 7.97. The van der Waals surface area contributed by atoms with Crippen molar-refractivity contribution in [3.63, 3.8) is 0 Å². The Labute approximate surface area is 212 Å². The molecule has 0 bridgehead atoms. The van der Waals surface area contributed by atoms with E-state index < -0.39 is 11.9 Å². The average Bonchev–Trinajstić information content (AvgIpc) is 3.34. The molecule has 2 aromatic heterocycles. The SMILES string of the molecule is CCOC(=O)N1CCC(n2cc(-c3cnc(N)c(O[C@H](C)c4c(Cl)ccc(F)c4Cl)c3)cn2)CC1. The zero-order valence-electron chi connectivity index (χ0n) is 19.4. The molecule has 3 heterocycles. The Morgan fingerprint density at radius 3 is 2.71 bits per heavy atom. The van der Waals surface area contributed by atoms with Gasteiger partial charge >= 0.3 is 6.09 Å². The molecule has 0 unspecified atom stereocenters. The quantitative estimate of drug-likeness (QED) is 0.405. The summed E-state index contributed by atoms with van der Waals surface area (Å²) in [7, 11) is 0. The van der Waals surface area contributed by atoms with Crippen molar-refractivity contribution in [2.45, 2.75) is 38.8 Å². The zero-order valence-corrected chi connectivity index (χ0v) is 20.9. The summed E-state index contributed by atoms with van der Waals surface area (Å²) in [5, 5.41) is 4.72. The zero-order chi connectivity index (χ0) is 25.1. The number of likely N-dealkylation sites (tertiary alicyclic amines) is 1. The van der Waals surface area contributed by atoms with Crippen LogP contribution in [0.5, 0.6) is 5.75 Å². The molecule has 2 N–H and O–H groups in total. The van der Waals surface area contributed by atoms with Crippen LogP contribution in [0.25, 0.3) is 11.1 Å². The Hall–Kier alpha value is -3.04. The van der Waals surface area contributed by atoms with Crippen molar-refractivity contribution in [3.05, 3.63) is 58.2 Å². The molecule has 0 saturated carbocycles. The van der Waals surface area contributed by atoms with Crippen LogP contribution in [0.1, 0.15) is 44.4 Å². The maximum Gasteiger partial charge on any atom is 0.409 e. The van der Waals surface area contributed by atoms with Crippen molar-refractivity contribution in [1.29, 1.82) is 0 Å². The Bertz CT molecular complexity index is 1210. The molecule has 1 aliphatic rings. The van der Waals surface area contributed by atoms with Crippen LogP contribution in [0.3, 0.4) is 0 Å². The van der Waals surface area contributed by atoms with E-state index in [1.54, 1.807) is 37.2 Å². The van der Waals surface area contributed by atoms with Crippen molar-refractivity contribution < 1.29 is 18.7 Å². The lowest BCUT2D eigenvalue weighted by Gasteiger charge is -2.31. The molecule has 35 heavy (non-hydrogen) atoms. The Morgan fingerprint density at radius 2 is 2.00 bits per heavy atom. The van der Waals surface area contributed by atoms with E-state index in [9.17, 15) is 9.18 Å². The average molecular weight is 522 g/mol. The summed E-state index contributed by atoms with van der Waals surface area (Å²) in [6.07, 6.45) is 5.94. The lowest BCUT2D eigenvalue weighted by Crippen LogP contribution is -2.39. The van der Waals surface area contributed by atoms with Crippen LogP contribution >= 0.6 is 23.2 Å². The van der Waals surface area contributed by atoms with Crippen molar-refractivity contribution in [2.24, 2.45) is 0 Å². The van der Waals surface area contributed by atoms with Crippen molar-refractivity contribution in [3.8, 4) is 16.9 Å². The summed E-state index contributed by atoms with van der Waals surface area (Å²) in [5.74, 6) is -0.0771. The number of ether oxygens (including phenoxy) is 2. The number of benzene rings is 1. The number of pyridine rings is 1. The maximum atomic E-state index is 14.0. The van der Waals surface area contributed by atoms with Gasteiger partial charge in [-0.2, -0.15) is 5.10 Å². The molecule has 0 spiro atoms. The van der Waals surface area contributed by atoms with E-state index in [0.717, 1.165) is 24.0 Å². The standard InChI is InChI=1S/C24H26Cl2FN5O3/c1-3-34-24(33)31-8-6-17(7-9-31)32-13-16(12-30-32)15-10-20(23(28)29-11-15)35-14(2)21-18(25)4-5-19(27)22(21)26/h4-5,10-14,17H,3,6-9H2,1-2H3,(H2,28,29)/t14-/m1/s1. The number of halogens is 3. The first-order chi connectivity index (χ1) is 16.8. The second kappa shape index (κ2) is 10.7. The number of nitrogen functional groups attached to an aromatic ring is 1. The number of amides is 1. The Morgan fingerprint density at radius 1 is 1.26 bits per heavy atom. The van der Waals surface area contributed by atoms with Gasteiger partial charge in [0.05, 0.1) is 23.9 Å². The lowest BCUT2D eigenvalue weighted by molar-refractivity contribution is 0.0916. The minimum absolute atomic E-state index is 0.0945. The van der Waals surface area contributed by atoms with E-state index >= 15 is 0 Å². The van der Waals surface area contributed by atoms with Crippen LogP contribution in [0.15, 0.2) is 36.8 Å². The van der Waals surface area contributed by atoms with E-state index in [-0.39, 0.29) is 23.0 Å². The molecule has 1 aromatic carbocycles. The fraction of sp³-hybridized carbons (Fsp3) is 0.375. The third kappa shape index (κ3) is 5.46. The molecular formula is C24H26Cl2FN5O3. The molecule has 0 aliphatic carbocycles. The first-order valence-electron chi connectivity index (χ1n) is 11.3. The maximum absolute atomic E-state index is 14.0. The van der Waals surface area contributed by atoms with Crippen molar-refractivity contribution >= 4 is 35.1 Å². The van der Waals surface area contributed by atoms with Gasteiger partial charge in [0.1, 0.15) is 11.9 Å². The third-order valence-corrected chi connectivity index (χ3v) is 6.68. The summed E-state index contributed by atoms with van der Waals surface area (Å²) in [6, 6.07) is 4.56. The molecule has 1 atom stereocenters. The van der Waals surface area contributed by atoms with Gasteiger partial charge in [-0.05, 0) is 44.9 Å². The lowest BCUT2D eigenvalue weighted by atomic mass is 10.1. The van der Waals surface area contributed by atoms with Crippen LogP contribution in [-0.4, -0.2) is 45.5 Å². The fourth-order valence-electron chi connectivity index (χ4n) is 4.09. The molecule has 186 valence electrons. The number of carbonyl (C=O) groups is 1. The van der Waals surface area contributed by atoms with E-state index in [1.165, 1.54) is 12.1 Å². The molecule has 1 amide bonds. The summed E-state index contributed by atoms with van der Waals surface area (Å²) < 4.78 is 26.9. The van der Waals surface area contributed by atoms with Gasteiger partial charge in [0.2, 0.25) is 0 Å². The minimum Gasteiger partial charge on any atom is -0.482 e. The summed E-state index contributed by atoms with van der Waals surface area (Å²) in [6.45, 7) is 5.10. The van der Waals surface area contributed by atoms with E-state index in [2.05, 4.69) is 10.1 Å². The number of carbonyl (C=O) groups excluding carboxylic acids is 1. The van der Waals surface area contributed by atoms with Gasteiger partial charge in [-0.3, -0.25) is 4.68 Å². The second-order valence-electron chi connectivity index (χ2n) is 8.25. The van der Waals surface area contributed by atoms with Crippen LogP contribution in [0.4, 0.5) is 15.0 Å². The molecule has 4 rings (SSSR count). The normalized spacial score (nSPS) is 15.2. The predicted molar refractivity (Wildman–Crippen MR) is 132 cm³/mol. The van der Waals surface area contributed by atoms with Crippen molar-refractivity contribution in [1.82, 2.24) is 19.7 Å². The number of nitrogens with zero attached hydrogens (tertiary/aromatic N) is 4. The number of nitrogens with two attached hydrogens (primary N) is 1. The van der Waals surface area contributed by atoms with Crippen molar-refractivity contribution in [2.75, 3.05) is 25.4 Å². The summed E-state index contributed by atoms with van der Waals surface area (Å²) in [4.78, 5) is 17.9. The predicted octanol–water partition coefficient (Wildman–Crippen LogP) is 5.91. The highest BCUT2D eigenvalue weighted by Crippen LogP contribution is 2.37. The van der Waals surface area contributed by atoms with Gasteiger partial charge in [-0.25, -0.2) is 14.2 Å². The van der Waals surface area contributed by atoms with Gasteiger partial charge in [0.15, 0.2) is 11.6 Å². The number of anilines is 1. The summed E-state index contributed by atoms with van der Waals surface area (Å²) >= 11 is 12.3. The van der Waals surface area contributed by atoms with Crippen LogP contribution in [0.2, 0.25) is 10.0 Å². The van der Waals surface area contributed by atoms with E-state index in [1.807, 2.05) is 10.9 Å². The third-order valence-electron chi connectivity index (χ3n) is 5.97. The highest BCUT2D eigenvalue weighted by molar-refractivity contribution is 6.36. The number of piperidine rings is 1. The molecule has 0 radical (unpaired) electrons. The Kier molecular flexibility index (Phi) is 7.66. The minimum atomic E-state index is -0.669. The number of hydrogen-bond donors (Lipinski definition) is 1. The first-order valence-corrected chi connectivity index (χ1v) is 12.1. The highest BCUT2D eigenvalue weighted by atomic mass is 35.5. The van der Waals surface area contributed by atoms with Crippen LogP contribution < -0.4 is 10.5 Å². The molecule has 1 saturated heterocycles. The van der Waals surface area contributed by atoms with Gasteiger partial charge in [-0.15, -0.1) is 0 Å². The van der Waals surface area contributed by atoms with Crippen LogP contribution in [0, 0.1) is 5.82 Å². The molecule has 1 fully saturated rings. The topological polar surface area (TPSA) is 95.5 Å². The molecular weight excluding hydrogens is 496 g/mol. The molecule has 1 aliphatic heterocycles.